The maximum atomic E-state index is 10.0. The first-order valence-electron chi connectivity index (χ1n) is 6.18. The molecule has 0 heterocycles. The zero-order valence-corrected chi connectivity index (χ0v) is 11.3. The van der Waals surface area contributed by atoms with Gasteiger partial charge in [-0.05, 0) is 19.9 Å². The van der Waals surface area contributed by atoms with Crippen LogP contribution in [0.4, 0.5) is 0 Å². The number of likely N-dealkylation sites (N-methyl/N-ethyl adjacent to an activating group) is 1. The molecule has 0 aromatic rings. The molecule has 0 amide bonds. The van der Waals surface area contributed by atoms with Gasteiger partial charge in [0.15, 0.2) is 0 Å². The van der Waals surface area contributed by atoms with E-state index < -0.39 is 5.60 Å². The number of hydrogen-bond donors (Lipinski definition) is 2. The van der Waals surface area contributed by atoms with E-state index in [-0.39, 0.29) is 0 Å². The number of methoxy groups -OCH3 is 1. The van der Waals surface area contributed by atoms with Crippen molar-refractivity contribution < 1.29 is 9.84 Å². The molecule has 0 aromatic heterocycles. The molecule has 0 spiro atoms. The second-order valence-corrected chi connectivity index (χ2v) is 4.40. The molecule has 0 saturated carbocycles. The molecule has 2 N–H and O–H groups in total. The van der Waals surface area contributed by atoms with Crippen molar-refractivity contribution in [1.29, 1.82) is 0 Å². The zero-order valence-electron chi connectivity index (χ0n) is 11.3. The molecule has 4 heteroatoms. The lowest BCUT2D eigenvalue weighted by Crippen LogP contribution is -2.42. The summed E-state index contributed by atoms with van der Waals surface area (Å²) in [5.41, 5.74) is -0.537. The number of rotatable bonds is 10. The summed E-state index contributed by atoms with van der Waals surface area (Å²) in [6.45, 7) is 8.33. The highest BCUT2D eigenvalue weighted by atomic mass is 16.5. The number of nitrogens with one attached hydrogen (secondary N) is 1. The molecule has 0 aliphatic rings. The van der Waals surface area contributed by atoms with Gasteiger partial charge < -0.3 is 20.1 Å². The minimum Gasteiger partial charge on any atom is -0.389 e. The van der Waals surface area contributed by atoms with Crippen molar-refractivity contribution in [2.45, 2.75) is 32.3 Å². The summed E-state index contributed by atoms with van der Waals surface area (Å²) >= 11 is 0. The van der Waals surface area contributed by atoms with Crippen LogP contribution in [0.2, 0.25) is 0 Å². The topological polar surface area (TPSA) is 44.7 Å². The second kappa shape index (κ2) is 8.93. The molecule has 98 valence electrons. The SMILES string of the molecule is CCC(O)(CC)CNCCN(C)CCOC. The highest BCUT2D eigenvalue weighted by Gasteiger charge is 2.20. The summed E-state index contributed by atoms with van der Waals surface area (Å²) in [4.78, 5) is 2.22. The molecule has 0 bridgehead atoms. The highest BCUT2D eigenvalue weighted by Crippen LogP contribution is 2.12. The van der Waals surface area contributed by atoms with Crippen LogP contribution in [0.3, 0.4) is 0 Å². The molecule has 0 aromatic carbocycles. The van der Waals surface area contributed by atoms with Crippen molar-refractivity contribution in [1.82, 2.24) is 10.2 Å². The highest BCUT2D eigenvalue weighted by molar-refractivity contribution is 4.77. The minimum atomic E-state index is -0.537. The van der Waals surface area contributed by atoms with Crippen LogP contribution in [0, 0.1) is 0 Å². The van der Waals surface area contributed by atoms with Crippen molar-refractivity contribution >= 4 is 0 Å². The van der Waals surface area contributed by atoms with Crippen LogP contribution in [0.25, 0.3) is 0 Å². The van der Waals surface area contributed by atoms with Crippen LogP contribution in [0.5, 0.6) is 0 Å². The number of ether oxygens (including phenoxy) is 1. The molecule has 0 radical (unpaired) electrons. The van der Waals surface area contributed by atoms with Crippen molar-refractivity contribution in [3.05, 3.63) is 0 Å². The lowest BCUT2D eigenvalue weighted by atomic mass is 9.98. The van der Waals surface area contributed by atoms with Gasteiger partial charge >= 0.3 is 0 Å². The van der Waals surface area contributed by atoms with E-state index in [0.717, 1.165) is 39.1 Å². The van der Waals surface area contributed by atoms with Crippen LogP contribution in [0.1, 0.15) is 26.7 Å². The fourth-order valence-corrected chi connectivity index (χ4v) is 1.45. The van der Waals surface area contributed by atoms with Gasteiger partial charge in [-0.15, -0.1) is 0 Å². The largest absolute Gasteiger partial charge is 0.389 e. The fraction of sp³-hybridized carbons (Fsp3) is 1.00. The molecule has 0 unspecified atom stereocenters. The lowest BCUT2D eigenvalue weighted by Gasteiger charge is -2.26. The summed E-state index contributed by atoms with van der Waals surface area (Å²) in [5.74, 6) is 0. The van der Waals surface area contributed by atoms with Gasteiger partial charge in [-0.2, -0.15) is 0 Å². The zero-order chi connectivity index (χ0) is 12.4. The van der Waals surface area contributed by atoms with E-state index in [4.69, 9.17) is 4.74 Å². The Kier molecular flexibility index (Phi) is 8.84. The third kappa shape index (κ3) is 7.17. The Morgan fingerprint density at radius 1 is 1.25 bits per heavy atom. The first-order valence-corrected chi connectivity index (χ1v) is 6.18. The Morgan fingerprint density at radius 3 is 2.38 bits per heavy atom. The Bertz CT molecular complexity index is 161. The van der Waals surface area contributed by atoms with E-state index in [1.807, 2.05) is 13.8 Å². The minimum absolute atomic E-state index is 0.537. The maximum absolute atomic E-state index is 10.0. The summed E-state index contributed by atoms with van der Waals surface area (Å²) < 4.78 is 5.01. The fourth-order valence-electron chi connectivity index (χ4n) is 1.45. The standard InChI is InChI=1S/C12H28N2O2/c1-5-12(15,6-2)11-13-7-8-14(3)9-10-16-4/h13,15H,5-11H2,1-4H3. The van der Waals surface area contributed by atoms with Gasteiger partial charge in [0.2, 0.25) is 0 Å². The van der Waals surface area contributed by atoms with Gasteiger partial charge in [0, 0.05) is 33.3 Å². The van der Waals surface area contributed by atoms with E-state index in [1.165, 1.54) is 0 Å². The van der Waals surface area contributed by atoms with Gasteiger partial charge in [-0.1, -0.05) is 13.8 Å². The van der Waals surface area contributed by atoms with Crippen LogP contribution in [-0.4, -0.2) is 62.6 Å². The smallest absolute Gasteiger partial charge is 0.0766 e. The second-order valence-electron chi connectivity index (χ2n) is 4.40. The summed E-state index contributed by atoms with van der Waals surface area (Å²) in [6.07, 6.45) is 1.60. The van der Waals surface area contributed by atoms with E-state index in [2.05, 4.69) is 17.3 Å². The van der Waals surface area contributed by atoms with Crippen LogP contribution < -0.4 is 5.32 Å². The van der Waals surface area contributed by atoms with Crippen LogP contribution in [0.15, 0.2) is 0 Å². The predicted molar refractivity (Wildman–Crippen MR) is 67.8 cm³/mol. The first kappa shape index (κ1) is 15.8. The normalized spacial score (nSPS) is 12.4. The molecular weight excluding hydrogens is 204 g/mol. The molecule has 0 rings (SSSR count). The molecule has 0 aliphatic carbocycles. The molecule has 0 saturated heterocycles. The van der Waals surface area contributed by atoms with Crippen molar-refractivity contribution in [3.8, 4) is 0 Å². The molecule has 0 atom stereocenters. The van der Waals surface area contributed by atoms with E-state index in [1.54, 1.807) is 7.11 Å². The van der Waals surface area contributed by atoms with E-state index in [9.17, 15) is 5.11 Å². The van der Waals surface area contributed by atoms with Gasteiger partial charge in [0.05, 0.1) is 12.2 Å². The van der Waals surface area contributed by atoms with Crippen LogP contribution in [-0.2, 0) is 4.74 Å². The Hall–Kier alpha value is -0.160. The Labute approximate surface area is 100.0 Å². The Morgan fingerprint density at radius 2 is 1.88 bits per heavy atom. The third-order valence-corrected chi connectivity index (χ3v) is 3.12. The quantitative estimate of drug-likeness (QED) is 0.544. The molecule has 4 nitrogen and oxygen atoms in total. The van der Waals surface area contributed by atoms with E-state index in [0.29, 0.717) is 6.54 Å². The first-order chi connectivity index (χ1) is 7.58. The van der Waals surface area contributed by atoms with Crippen molar-refractivity contribution in [3.63, 3.8) is 0 Å². The van der Waals surface area contributed by atoms with Crippen molar-refractivity contribution in [2.24, 2.45) is 0 Å². The number of nitrogens with zero attached hydrogens (tertiary/aromatic N) is 1. The lowest BCUT2D eigenvalue weighted by molar-refractivity contribution is 0.0322. The average molecular weight is 232 g/mol. The van der Waals surface area contributed by atoms with Crippen LogP contribution >= 0.6 is 0 Å². The molecular formula is C12H28N2O2. The number of hydrogen-bond acceptors (Lipinski definition) is 4. The molecule has 16 heavy (non-hydrogen) atoms. The predicted octanol–water partition coefficient (Wildman–Crippen LogP) is 0.705. The molecule has 0 aliphatic heterocycles. The van der Waals surface area contributed by atoms with Gasteiger partial charge in [-0.3, -0.25) is 0 Å². The van der Waals surface area contributed by atoms with Gasteiger partial charge in [-0.25, -0.2) is 0 Å². The average Bonchev–Trinajstić information content (AvgIpc) is 2.31. The summed E-state index contributed by atoms with van der Waals surface area (Å²) in [6, 6.07) is 0. The third-order valence-electron chi connectivity index (χ3n) is 3.12. The van der Waals surface area contributed by atoms with Gasteiger partial charge in [0.1, 0.15) is 0 Å². The van der Waals surface area contributed by atoms with Crippen molar-refractivity contribution in [2.75, 3.05) is 46.9 Å². The number of aliphatic hydroxyl groups is 1. The maximum Gasteiger partial charge on any atom is 0.0766 e. The monoisotopic (exact) mass is 232 g/mol. The summed E-state index contributed by atoms with van der Waals surface area (Å²) in [7, 11) is 3.79. The molecule has 0 fully saturated rings. The van der Waals surface area contributed by atoms with E-state index >= 15 is 0 Å². The van der Waals surface area contributed by atoms with Gasteiger partial charge in [0.25, 0.3) is 0 Å². The Balaban J connectivity index is 3.51. The summed E-state index contributed by atoms with van der Waals surface area (Å²) in [5, 5.41) is 13.3.